The van der Waals surface area contributed by atoms with Gasteiger partial charge in [0.05, 0.1) is 0 Å². The van der Waals surface area contributed by atoms with Gasteiger partial charge in [-0.15, -0.1) is 6.58 Å². The number of hydrogen-bond donors (Lipinski definition) is 0. The lowest BCUT2D eigenvalue weighted by molar-refractivity contribution is 0.874. The second-order valence-electron chi connectivity index (χ2n) is 3.87. The van der Waals surface area contributed by atoms with Gasteiger partial charge in [-0.2, -0.15) is 0 Å². The van der Waals surface area contributed by atoms with Gasteiger partial charge < -0.3 is 0 Å². The van der Waals surface area contributed by atoms with Crippen LogP contribution in [0.3, 0.4) is 0 Å². The van der Waals surface area contributed by atoms with Crippen LogP contribution in [0.4, 0.5) is 0 Å². The van der Waals surface area contributed by atoms with Crippen LogP contribution in [0.15, 0.2) is 23.3 Å². The highest BCUT2D eigenvalue weighted by atomic mass is 14.0. The van der Waals surface area contributed by atoms with E-state index in [0.717, 1.165) is 0 Å². The topological polar surface area (TPSA) is 0 Å². The van der Waals surface area contributed by atoms with E-state index in [-0.39, 0.29) is 0 Å². The van der Waals surface area contributed by atoms with Crippen LogP contribution in [0.5, 0.6) is 0 Å². The van der Waals surface area contributed by atoms with Crippen molar-refractivity contribution in [2.24, 2.45) is 0 Å². The molecule has 0 aliphatic carbocycles. The van der Waals surface area contributed by atoms with Crippen molar-refractivity contribution in [1.82, 2.24) is 0 Å². The monoisotopic (exact) mass is 212 g/mol. The third-order valence-corrected chi connectivity index (χ3v) is 1.88. The molecule has 0 heterocycles. The molecule has 15 heavy (non-hydrogen) atoms. The van der Waals surface area contributed by atoms with Crippen LogP contribution in [0.25, 0.3) is 0 Å². The average Bonchev–Trinajstić information content (AvgIpc) is 2.19. The molecule has 0 aromatic carbocycles. The van der Waals surface area contributed by atoms with E-state index in [1.807, 2.05) is 27.7 Å². The van der Waals surface area contributed by atoms with E-state index in [1.54, 1.807) is 11.1 Å². The zero-order chi connectivity index (χ0) is 12.9. The molecule has 0 unspecified atom stereocenters. The van der Waals surface area contributed by atoms with Crippen molar-refractivity contribution in [2.75, 3.05) is 0 Å². The van der Waals surface area contributed by atoms with Crippen molar-refractivity contribution in [3.05, 3.63) is 23.3 Å². The largest absolute Gasteiger partial charge is 0.100 e. The van der Waals surface area contributed by atoms with Crippen LogP contribution in [0.1, 0.15) is 74.7 Å². The Bertz CT molecular complexity index is 157. The summed E-state index contributed by atoms with van der Waals surface area (Å²) in [6, 6.07) is 0. The van der Waals surface area contributed by atoms with E-state index in [4.69, 9.17) is 0 Å². The Morgan fingerprint density at radius 2 is 1.20 bits per heavy atom. The molecule has 0 heteroatoms. The molecule has 0 aromatic rings. The van der Waals surface area contributed by atoms with E-state index < -0.39 is 0 Å². The van der Waals surface area contributed by atoms with E-state index in [9.17, 15) is 0 Å². The highest BCUT2D eigenvalue weighted by molar-refractivity contribution is 5.08. The molecule has 0 spiro atoms. The predicted molar refractivity (Wildman–Crippen MR) is 75.4 cm³/mol. The Labute approximate surface area is 98.5 Å². The lowest BCUT2D eigenvalue weighted by atomic mass is 10.1. The minimum absolute atomic E-state index is 1.17. The third kappa shape index (κ3) is 24.7. The predicted octanol–water partition coefficient (Wildman–Crippen LogP) is 6.14. The van der Waals surface area contributed by atoms with Crippen LogP contribution in [-0.4, -0.2) is 0 Å². The summed E-state index contributed by atoms with van der Waals surface area (Å²) in [6.07, 6.45) is 3.77. The fraction of sp³-hybridized carbons (Fsp3) is 0.733. The van der Waals surface area contributed by atoms with Crippen LogP contribution in [0, 0.1) is 0 Å². The summed E-state index contributed by atoms with van der Waals surface area (Å²) < 4.78 is 0. The second kappa shape index (κ2) is 15.9. The molecular weight excluding hydrogens is 180 g/mol. The van der Waals surface area contributed by atoms with Gasteiger partial charge >= 0.3 is 0 Å². The van der Waals surface area contributed by atoms with Gasteiger partial charge in [-0.3, -0.25) is 0 Å². The van der Waals surface area contributed by atoms with Crippen molar-refractivity contribution in [3.8, 4) is 0 Å². The van der Waals surface area contributed by atoms with Gasteiger partial charge in [-0.05, 0) is 40.5 Å². The van der Waals surface area contributed by atoms with Gasteiger partial charge in [0.2, 0.25) is 0 Å². The highest BCUT2D eigenvalue weighted by Crippen LogP contribution is 2.11. The SMILES string of the molecule is C=C(C)C.CC.CCC/C(C)=C(\C)CC. The first kappa shape index (κ1) is 20.0. The Kier molecular flexibility index (Phi) is 21.2. The molecule has 0 rings (SSSR count). The number of allylic oxidation sites excluding steroid dienone is 3. The first-order chi connectivity index (χ1) is 6.95. The van der Waals surface area contributed by atoms with Crippen molar-refractivity contribution in [3.63, 3.8) is 0 Å². The molecule has 0 fully saturated rings. The fourth-order valence-electron chi connectivity index (χ4n) is 0.890. The van der Waals surface area contributed by atoms with Gasteiger partial charge in [0.15, 0.2) is 0 Å². The molecule has 0 bridgehead atoms. The van der Waals surface area contributed by atoms with Gasteiger partial charge in [0, 0.05) is 0 Å². The number of rotatable bonds is 3. The molecule has 92 valence electrons. The molecule has 0 radical (unpaired) electrons. The maximum absolute atomic E-state index is 3.56. The Morgan fingerprint density at radius 1 is 0.867 bits per heavy atom. The average molecular weight is 212 g/mol. The molecule has 0 aliphatic heterocycles. The normalized spacial score (nSPS) is 10.1. The van der Waals surface area contributed by atoms with Crippen LogP contribution in [0.2, 0.25) is 0 Å². The Morgan fingerprint density at radius 3 is 1.40 bits per heavy atom. The minimum Gasteiger partial charge on any atom is -0.100 e. The van der Waals surface area contributed by atoms with Gasteiger partial charge in [0.1, 0.15) is 0 Å². The van der Waals surface area contributed by atoms with Crippen molar-refractivity contribution >= 4 is 0 Å². The molecule has 0 amide bonds. The standard InChI is InChI=1S/C9H18.C4H8.C2H6/c1-5-7-9(4)8(3)6-2;1-4(2)3;1-2/h5-7H2,1-4H3;1H2,2-3H3;1-2H3/b9-8+;;. The maximum Gasteiger partial charge on any atom is -0.0323 e. The van der Waals surface area contributed by atoms with E-state index >= 15 is 0 Å². The van der Waals surface area contributed by atoms with Crippen molar-refractivity contribution in [2.45, 2.75) is 74.7 Å². The van der Waals surface area contributed by atoms with E-state index in [2.05, 4.69) is 34.3 Å². The van der Waals surface area contributed by atoms with E-state index in [1.165, 1.54) is 24.8 Å². The number of hydrogen-bond acceptors (Lipinski definition) is 0. The summed E-state index contributed by atoms with van der Waals surface area (Å²) in [5, 5.41) is 0. The molecule has 0 saturated heterocycles. The smallest absolute Gasteiger partial charge is 0.0323 e. The van der Waals surface area contributed by atoms with Crippen molar-refractivity contribution < 1.29 is 0 Å². The Balaban J connectivity index is -0.000000202. The molecule has 0 nitrogen and oxygen atoms in total. The Hall–Kier alpha value is -0.520. The van der Waals surface area contributed by atoms with Crippen molar-refractivity contribution in [1.29, 1.82) is 0 Å². The molecule has 0 atom stereocenters. The summed E-state index contributed by atoms with van der Waals surface area (Å²) in [5.41, 5.74) is 4.32. The summed E-state index contributed by atoms with van der Waals surface area (Å²) in [7, 11) is 0. The summed E-state index contributed by atoms with van der Waals surface area (Å²) in [4.78, 5) is 0. The van der Waals surface area contributed by atoms with Gasteiger partial charge in [-0.25, -0.2) is 0 Å². The minimum atomic E-state index is 1.17. The molecule has 0 N–H and O–H groups in total. The summed E-state index contributed by atoms with van der Waals surface area (Å²) in [6.45, 7) is 20.4. The van der Waals surface area contributed by atoms with Gasteiger partial charge in [-0.1, -0.05) is 50.8 Å². The summed E-state index contributed by atoms with van der Waals surface area (Å²) in [5.74, 6) is 0. The van der Waals surface area contributed by atoms with Gasteiger partial charge in [0.25, 0.3) is 0 Å². The molecular formula is C15H32. The first-order valence-electron chi connectivity index (χ1n) is 6.22. The quantitative estimate of drug-likeness (QED) is 0.493. The van der Waals surface area contributed by atoms with Crippen LogP contribution >= 0.6 is 0 Å². The second-order valence-corrected chi connectivity index (χ2v) is 3.87. The zero-order valence-electron chi connectivity index (χ0n) is 12.3. The summed E-state index contributed by atoms with van der Waals surface area (Å²) >= 11 is 0. The molecule has 0 saturated carbocycles. The molecule has 0 aliphatic rings. The molecule has 0 aromatic heterocycles. The zero-order valence-corrected chi connectivity index (χ0v) is 12.3. The highest BCUT2D eigenvalue weighted by Gasteiger charge is 1.91. The lowest BCUT2D eigenvalue weighted by Crippen LogP contribution is -1.81. The first-order valence-corrected chi connectivity index (χ1v) is 6.22. The van der Waals surface area contributed by atoms with Crippen LogP contribution < -0.4 is 0 Å². The van der Waals surface area contributed by atoms with E-state index in [0.29, 0.717) is 0 Å². The third-order valence-electron chi connectivity index (χ3n) is 1.88. The fourth-order valence-corrected chi connectivity index (χ4v) is 0.890. The maximum atomic E-state index is 3.56. The lowest BCUT2D eigenvalue weighted by Gasteiger charge is -2.02. The van der Waals surface area contributed by atoms with Crippen LogP contribution in [-0.2, 0) is 0 Å².